The molecule has 0 radical (unpaired) electrons. The fraction of sp³-hybridized carbons (Fsp3) is 0.444. The Morgan fingerprint density at radius 3 is 2.83 bits per heavy atom. The van der Waals surface area contributed by atoms with Crippen LogP contribution in [0.3, 0.4) is 0 Å². The Kier molecular flexibility index (Phi) is 8.04. The van der Waals surface area contributed by atoms with E-state index in [0.29, 0.717) is 29.6 Å². The number of aliphatic hydroxyl groups is 1. The quantitative estimate of drug-likeness (QED) is 0.258. The standard InChI is InChI=1S/C27H31F4N7O3/c1-16(14-39)37-9-6-17(12-37)26(40)32-11-24-34-25(35-41-24)23-10-18-20(33-21-7-8-36(2)13-19(21)28)4-3-5-22(18)38(23)15-27(29,30)31/h3-6,9-10,12,16,19,21,33,39H,7-8,11,13-15H2,1-2H3,(H,32,40)/t16?,19-,21+/m0/s1. The number of benzene rings is 1. The predicted molar refractivity (Wildman–Crippen MR) is 143 cm³/mol. The average Bonchev–Trinajstić information content (AvgIpc) is 3.67. The Morgan fingerprint density at radius 1 is 1.29 bits per heavy atom. The van der Waals surface area contributed by atoms with E-state index in [1.165, 1.54) is 6.07 Å². The van der Waals surface area contributed by atoms with Crippen LogP contribution >= 0.6 is 0 Å². The summed E-state index contributed by atoms with van der Waals surface area (Å²) in [5.74, 6) is -0.493. The predicted octanol–water partition coefficient (Wildman–Crippen LogP) is 3.99. The molecule has 5 rings (SSSR count). The van der Waals surface area contributed by atoms with Gasteiger partial charge in [-0.15, -0.1) is 0 Å². The topological polar surface area (TPSA) is 113 Å². The number of amides is 1. The molecule has 41 heavy (non-hydrogen) atoms. The van der Waals surface area contributed by atoms with E-state index in [-0.39, 0.29) is 48.7 Å². The number of carbonyl (C=O) groups excluding carboxylic acids is 1. The molecule has 3 aromatic heterocycles. The molecular formula is C27H31F4N7O3. The van der Waals surface area contributed by atoms with E-state index in [0.717, 1.165) is 4.57 Å². The molecule has 1 aromatic carbocycles. The van der Waals surface area contributed by atoms with E-state index in [1.54, 1.807) is 48.1 Å². The van der Waals surface area contributed by atoms with E-state index in [1.807, 2.05) is 11.9 Å². The minimum absolute atomic E-state index is 0.00488. The van der Waals surface area contributed by atoms with Crippen molar-refractivity contribution < 1.29 is 32.0 Å². The van der Waals surface area contributed by atoms with Gasteiger partial charge in [-0.05, 0) is 44.7 Å². The minimum atomic E-state index is -4.54. The smallest absolute Gasteiger partial charge is 0.394 e. The van der Waals surface area contributed by atoms with Crippen molar-refractivity contribution in [1.29, 1.82) is 0 Å². The monoisotopic (exact) mass is 577 g/mol. The lowest BCUT2D eigenvalue weighted by Crippen LogP contribution is -2.46. The lowest BCUT2D eigenvalue weighted by molar-refractivity contribution is -0.139. The van der Waals surface area contributed by atoms with Crippen molar-refractivity contribution in [2.75, 3.05) is 32.1 Å². The highest BCUT2D eigenvalue weighted by molar-refractivity contribution is 5.96. The summed E-state index contributed by atoms with van der Waals surface area (Å²) in [6.07, 6.45) is -1.86. The number of anilines is 1. The van der Waals surface area contributed by atoms with Crippen molar-refractivity contribution in [3.63, 3.8) is 0 Å². The van der Waals surface area contributed by atoms with Crippen LogP contribution in [-0.2, 0) is 13.1 Å². The number of hydrogen-bond donors (Lipinski definition) is 3. The van der Waals surface area contributed by atoms with Gasteiger partial charge in [-0.3, -0.25) is 4.79 Å². The number of fused-ring (bicyclic) bond motifs is 1. The molecule has 1 aliphatic rings. The highest BCUT2D eigenvalue weighted by Gasteiger charge is 2.32. The average molecular weight is 578 g/mol. The summed E-state index contributed by atoms with van der Waals surface area (Å²) in [6, 6.07) is 7.34. The van der Waals surface area contributed by atoms with Gasteiger partial charge in [0.05, 0.1) is 42.0 Å². The van der Waals surface area contributed by atoms with Crippen molar-refractivity contribution in [2.45, 2.75) is 50.9 Å². The third-order valence-corrected chi connectivity index (χ3v) is 7.22. The van der Waals surface area contributed by atoms with E-state index in [2.05, 4.69) is 20.8 Å². The number of halogens is 4. The number of aliphatic hydroxyl groups excluding tert-OH is 1. The van der Waals surface area contributed by atoms with Crippen LogP contribution in [0.5, 0.6) is 0 Å². The van der Waals surface area contributed by atoms with Gasteiger partial charge in [0, 0.05) is 36.6 Å². The zero-order chi connectivity index (χ0) is 29.3. The Balaban J connectivity index is 1.39. The molecule has 0 spiro atoms. The molecule has 1 unspecified atom stereocenters. The molecule has 3 atom stereocenters. The third-order valence-electron chi connectivity index (χ3n) is 7.22. The second kappa shape index (κ2) is 11.5. The molecule has 220 valence electrons. The van der Waals surface area contributed by atoms with Gasteiger partial charge < -0.3 is 34.3 Å². The first-order valence-electron chi connectivity index (χ1n) is 13.2. The number of likely N-dealkylation sites (tertiary alicyclic amines) is 1. The number of piperidine rings is 1. The number of alkyl halides is 4. The first kappa shape index (κ1) is 28.6. The van der Waals surface area contributed by atoms with Gasteiger partial charge >= 0.3 is 6.18 Å². The van der Waals surface area contributed by atoms with Crippen molar-refractivity contribution in [3.05, 3.63) is 54.2 Å². The Hall–Kier alpha value is -3.91. The number of carbonyl (C=O) groups is 1. The molecule has 14 heteroatoms. The van der Waals surface area contributed by atoms with Crippen LogP contribution in [0, 0.1) is 0 Å². The molecule has 1 fully saturated rings. The van der Waals surface area contributed by atoms with Crippen molar-refractivity contribution in [2.24, 2.45) is 0 Å². The van der Waals surface area contributed by atoms with Crippen LogP contribution in [0.15, 0.2) is 47.2 Å². The van der Waals surface area contributed by atoms with Crippen LogP contribution in [0.25, 0.3) is 22.4 Å². The van der Waals surface area contributed by atoms with Gasteiger partial charge in [-0.25, -0.2) is 4.39 Å². The number of aromatic nitrogens is 4. The largest absolute Gasteiger partial charge is 0.406 e. The second-order valence-corrected chi connectivity index (χ2v) is 10.4. The van der Waals surface area contributed by atoms with E-state index in [9.17, 15) is 27.5 Å². The molecule has 4 heterocycles. The summed E-state index contributed by atoms with van der Waals surface area (Å²) in [7, 11) is 1.84. The maximum absolute atomic E-state index is 14.7. The summed E-state index contributed by atoms with van der Waals surface area (Å²) in [4.78, 5) is 18.7. The molecule has 10 nitrogen and oxygen atoms in total. The molecule has 0 aliphatic carbocycles. The second-order valence-electron chi connectivity index (χ2n) is 10.4. The molecule has 0 saturated carbocycles. The lowest BCUT2D eigenvalue weighted by atomic mass is 10.0. The number of rotatable bonds is 9. The minimum Gasteiger partial charge on any atom is -0.394 e. The first-order valence-corrected chi connectivity index (χ1v) is 13.2. The van der Waals surface area contributed by atoms with Crippen molar-refractivity contribution >= 4 is 22.5 Å². The van der Waals surface area contributed by atoms with Gasteiger partial charge in [0.25, 0.3) is 5.91 Å². The summed E-state index contributed by atoms with van der Waals surface area (Å²) in [5.41, 5.74) is 1.23. The zero-order valence-corrected chi connectivity index (χ0v) is 22.5. The maximum Gasteiger partial charge on any atom is 0.406 e. The van der Waals surface area contributed by atoms with Gasteiger partial charge in [-0.2, -0.15) is 18.2 Å². The van der Waals surface area contributed by atoms with Crippen molar-refractivity contribution in [3.8, 4) is 11.5 Å². The summed E-state index contributed by atoms with van der Waals surface area (Å²) in [5, 5.41) is 19.5. The van der Waals surface area contributed by atoms with Gasteiger partial charge in [0.1, 0.15) is 12.7 Å². The van der Waals surface area contributed by atoms with Gasteiger partial charge in [-0.1, -0.05) is 11.2 Å². The lowest BCUT2D eigenvalue weighted by Gasteiger charge is -2.33. The number of hydrogen-bond acceptors (Lipinski definition) is 7. The molecule has 0 bridgehead atoms. The molecule has 1 aliphatic heterocycles. The molecule has 1 saturated heterocycles. The van der Waals surface area contributed by atoms with Crippen molar-refractivity contribution in [1.82, 2.24) is 29.5 Å². The SMILES string of the molecule is CC(CO)n1ccc(C(=O)NCc2nc(-c3cc4c(N[C@@H]5CCN(C)C[C@@H]5F)cccc4n3CC(F)(F)F)no2)c1. The fourth-order valence-electron chi connectivity index (χ4n) is 4.97. The third kappa shape index (κ3) is 6.38. The van der Waals surface area contributed by atoms with Gasteiger partial charge in [0.15, 0.2) is 0 Å². The summed E-state index contributed by atoms with van der Waals surface area (Å²) < 4.78 is 63.6. The van der Waals surface area contributed by atoms with Crippen LogP contribution in [0.4, 0.5) is 23.2 Å². The molecule has 4 aromatic rings. The van der Waals surface area contributed by atoms with E-state index < -0.39 is 30.8 Å². The van der Waals surface area contributed by atoms with Crippen LogP contribution < -0.4 is 10.6 Å². The summed E-state index contributed by atoms with van der Waals surface area (Å²) in [6.45, 7) is 1.24. The van der Waals surface area contributed by atoms with Crippen LogP contribution in [-0.4, -0.2) is 80.3 Å². The van der Waals surface area contributed by atoms with Crippen LogP contribution in [0.2, 0.25) is 0 Å². The van der Waals surface area contributed by atoms with E-state index in [4.69, 9.17) is 4.52 Å². The molecule has 3 N–H and O–H groups in total. The summed E-state index contributed by atoms with van der Waals surface area (Å²) >= 11 is 0. The molecular weight excluding hydrogens is 546 g/mol. The number of nitrogens with one attached hydrogen (secondary N) is 2. The Bertz CT molecular complexity index is 1510. The maximum atomic E-state index is 14.7. The Labute approximate surface area is 232 Å². The normalized spacial score (nSPS) is 19.0. The zero-order valence-electron chi connectivity index (χ0n) is 22.5. The van der Waals surface area contributed by atoms with Gasteiger partial charge in [0.2, 0.25) is 11.7 Å². The highest BCUT2D eigenvalue weighted by Crippen LogP contribution is 2.35. The number of nitrogens with zero attached hydrogens (tertiary/aromatic N) is 5. The fourth-order valence-corrected chi connectivity index (χ4v) is 4.97. The Morgan fingerprint density at radius 2 is 2.10 bits per heavy atom. The van der Waals surface area contributed by atoms with E-state index >= 15 is 0 Å². The highest BCUT2D eigenvalue weighted by atomic mass is 19.4. The van der Waals surface area contributed by atoms with Crippen LogP contribution in [0.1, 0.15) is 35.6 Å². The first-order chi connectivity index (χ1) is 19.5. The molecule has 1 amide bonds.